The summed E-state index contributed by atoms with van der Waals surface area (Å²) in [5.74, 6) is 0.635. The number of carbonyl (C=O) groups excluding carboxylic acids is 2. The molecule has 0 aliphatic rings. The highest BCUT2D eigenvalue weighted by Gasteiger charge is 2.28. The van der Waals surface area contributed by atoms with E-state index in [2.05, 4.69) is 31.8 Å². The maximum atomic E-state index is 13.6. The van der Waals surface area contributed by atoms with Gasteiger partial charge >= 0.3 is 0 Å². The first-order valence-electron chi connectivity index (χ1n) is 12.9. The van der Waals surface area contributed by atoms with Crippen LogP contribution < -0.4 is 24.5 Å². The summed E-state index contributed by atoms with van der Waals surface area (Å²) in [6.45, 7) is 1.47. The number of hydrazone groups is 1. The van der Waals surface area contributed by atoms with Gasteiger partial charge in [0.1, 0.15) is 23.8 Å². The average molecular weight is 670 g/mol. The minimum Gasteiger partial charge on any atom is -0.496 e. The molecular weight excluding hydrogens is 640 g/mol. The zero-order chi connectivity index (χ0) is 30.8. The summed E-state index contributed by atoms with van der Waals surface area (Å²) >= 11 is 3.32. The van der Waals surface area contributed by atoms with E-state index in [0.717, 1.165) is 9.87 Å². The lowest BCUT2D eigenvalue weighted by Gasteiger charge is -2.24. The third-order valence-electron chi connectivity index (χ3n) is 6.01. The zero-order valence-corrected chi connectivity index (χ0v) is 25.7. The van der Waals surface area contributed by atoms with Crippen LogP contribution in [0.5, 0.6) is 11.5 Å². The number of hydrogen-bond donors (Lipinski definition) is 2. The lowest BCUT2D eigenvalue weighted by molar-refractivity contribution is -0.123. The molecule has 2 N–H and O–H groups in total. The monoisotopic (exact) mass is 668 g/mol. The number of anilines is 1. The Hall–Kier alpha value is -4.62. The summed E-state index contributed by atoms with van der Waals surface area (Å²) in [6.07, 6.45) is 2.94. The van der Waals surface area contributed by atoms with Crippen LogP contribution in [-0.2, 0) is 26.2 Å². The molecule has 13 heteroatoms. The number of amides is 2. The fourth-order valence-corrected chi connectivity index (χ4v) is 5.89. The van der Waals surface area contributed by atoms with Crippen molar-refractivity contribution in [2.24, 2.45) is 5.10 Å². The standard InChI is InChI=1S/C30H29BrN4O7S/c1-21-5-9-23(10-6-21)35(43(38,39)26-13-14-28(40-2)27(31)16-26)19-29(36)34-33-17-22-7-11-24(12-8-22)42-20-30(37)32-18-25-4-3-15-41-25/h3-17H,18-20H2,1-2H3,(H,32,37)(H,34,36)/b33-17-. The topological polar surface area (TPSA) is 140 Å². The Bertz CT molecular complexity index is 1670. The second kappa shape index (κ2) is 14.5. The average Bonchev–Trinajstić information content (AvgIpc) is 3.53. The van der Waals surface area contributed by atoms with Gasteiger partial charge in [-0.1, -0.05) is 17.7 Å². The van der Waals surface area contributed by atoms with E-state index in [4.69, 9.17) is 13.9 Å². The number of furan rings is 1. The highest BCUT2D eigenvalue weighted by Crippen LogP contribution is 2.30. The van der Waals surface area contributed by atoms with Gasteiger partial charge in [-0.25, -0.2) is 13.8 Å². The third-order valence-corrected chi connectivity index (χ3v) is 8.40. The van der Waals surface area contributed by atoms with E-state index in [0.29, 0.717) is 33.0 Å². The number of aryl methyl sites for hydroxylation is 1. The van der Waals surface area contributed by atoms with Crippen molar-refractivity contribution in [1.82, 2.24) is 10.7 Å². The van der Waals surface area contributed by atoms with Gasteiger partial charge in [-0.05, 0) is 95.1 Å². The molecule has 0 fully saturated rings. The van der Waals surface area contributed by atoms with Gasteiger partial charge in [-0.2, -0.15) is 5.10 Å². The summed E-state index contributed by atoms with van der Waals surface area (Å²) in [5.41, 5.74) is 4.28. The maximum Gasteiger partial charge on any atom is 0.264 e. The molecule has 3 aromatic carbocycles. The van der Waals surface area contributed by atoms with Crippen molar-refractivity contribution in [1.29, 1.82) is 0 Å². The van der Waals surface area contributed by atoms with Gasteiger partial charge in [-0.15, -0.1) is 0 Å². The van der Waals surface area contributed by atoms with E-state index >= 15 is 0 Å². The Morgan fingerprint density at radius 2 is 1.77 bits per heavy atom. The maximum absolute atomic E-state index is 13.6. The highest BCUT2D eigenvalue weighted by atomic mass is 79.9. The molecule has 0 saturated heterocycles. The quantitative estimate of drug-likeness (QED) is 0.159. The van der Waals surface area contributed by atoms with Gasteiger partial charge in [-0.3, -0.25) is 13.9 Å². The molecule has 0 radical (unpaired) electrons. The van der Waals surface area contributed by atoms with Crippen LogP contribution in [0.25, 0.3) is 0 Å². The van der Waals surface area contributed by atoms with Crippen LogP contribution in [0.1, 0.15) is 16.9 Å². The number of hydrogen-bond acceptors (Lipinski definition) is 8. The number of sulfonamides is 1. The molecule has 0 unspecified atom stereocenters. The molecule has 224 valence electrons. The molecule has 0 bridgehead atoms. The Labute approximate surface area is 257 Å². The Morgan fingerprint density at radius 1 is 1.02 bits per heavy atom. The molecule has 11 nitrogen and oxygen atoms in total. The van der Waals surface area contributed by atoms with E-state index in [1.807, 2.05) is 6.92 Å². The fourth-order valence-electron chi connectivity index (χ4n) is 3.75. The van der Waals surface area contributed by atoms with E-state index in [9.17, 15) is 18.0 Å². The molecule has 43 heavy (non-hydrogen) atoms. The van der Waals surface area contributed by atoms with Crippen molar-refractivity contribution in [3.63, 3.8) is 0 Å². The zero-order valence-electron chi connectivity index (χ0n) is 23.3. The molecule has 4 aromatic rings. The summed E-state index contributed by atoms with van der Waals surface area (Å²) in [7, 11) is -2.65. The molecule has 0 spiro atoms. The van der Waals surface area contributed by atoms with Crippen molar-refractivity contribution in [3.8, 4) is 11.5 Å². The van der Waals surface area contributed by atoms with Crippen molar-refractivity contribution in [3.05, 3.63) is 106 Å². The van der Waals surface area contributed by atoms with E-state index < -0.39 is 22.5 Å². The smallest absolute Gasteiger partial charge is 0.264 e. The van der Waals surface area contributed by atoms with Crippen LogP contribution in [0.2, 0.25) is 0 Å². The third kappa shape index (κ3) is 8.69. The van der Waals surface area contributed by atoms with E-state index in [1.54, 1.807) is 60.7 Å². The van der Waals surface area contributed by atoms with Crippen LogP contribution in [0, 0.1) is 6.92 Å². The lowest BCUT2D eigenvalue weighted by atomic mass is 10.2. The number of methoxy groups -OCH3 is 1. The molecule has 0 aliphatic carbocycles. The first kappa shape index (κ1) is 31.3. The largest absolute Gasteiger partial charge is 0.496 e. The Balaban J connectivity index is 1.36. The van der Waals surface area contributed by atoms with Gasteiger partial charge in [0.25, 0.3) is 21.8 Å². The van der Waals surface area contributed by atoms with Crippen molar-refractivity contribution < 1.29 is 31.9 Å². The minimum absolute atomic E-state index is 0.0191. The summed E-state index contributed by atoms with van der Waals surface area (Å²) < 4.78 is 44.6. The molecule has 4 rings (SSSR count). The van der Waals surface area contributed by atoms with Crippen LogP contribution in [0.3, 0.4) is 0 Å². The number of halogens is 1. The molecule has 2 amide bonds. The number of nitrogens with zero attached hydrogens (tertiary/aromatic N) is 2. The number of ether oxygens (including phenoxy) is 2. The van der Waals surface area contributed by atoms with Crippen LogP contribution >= 0.6 is 15.9 Å². The molecule has 0 atom stereocenters. The molecule has 0 saturated carbocycles. The Kier molecular flexibility index (Phi) is 10.6. The van der Waals surface area contributed by atoms with Gasteiger partial charge in [0.05, 0.1) is 41.2 Å². The first-order valence-corrected chi connectivity index (χ1v) is 15.2. The molecule has 1 aromatic heterocycles. The normalized spacial score (nSPS) is 11.2. The van der Waals surface area contributed by atoms with E-state index in [-0.39, 0.29) is 24.0 Å². The fraction of sp³-hybridized carbons (Fsp3) is 0.167. The number of benzene rings is 3. The SMILES string of the molecule is COc1ccc(S(=O)(=O)N(CC(=O)N/N=C\c2ccc(OCC(=O)NCc3ccco3)cc2)c2ccc(C)cc2)cc1Br. The van der Waals surface area contributed by atoms with Gasteiger partial charge < -0.3 is 19.2 Å². The first-order chi connectivity index (χ1) is 20.7. The summed E-state index contributed by atoms with van der Waals surface area (Å²) in [6, 6.07) is 21.3. The predicted molar refractivity (Wildman–Crippen MR) is 165 cm³/mol. The van der Waals surface area contributed by atoms with Gasteiger partial charge in [0.15, 0.2) is 6.61 Å². The summed E-state index contributed by atoms with van der Waals surface area (Å²) in [4.78, 5) is 24.8. The second-order valence-corrected chi connectivity index (χ2v) is 11.9. The number of nitrogens with one attached hydrogen (secondary N) is 2. The molecule has 1 heterocycles. The predicted octanol–water partition coefficient (Wildman–Crippen LogP) is 4.40. The van der Waals surface area contributed by atoms with Gasteiger partial charge in [0, 0.05) is 0 Å². The lowest BCUT2D eigenvalue weighted by Crippen LogP contribution is -2.39. The second-order valence-electron chi connectivity index (χ2n) is 9.15. The minimum atomic E-state index is -4.13. The number of rotatable bonds is 13. The van der Waals surface area contributed by atoms with Crippen LogP contribution in [0.15, 0.2) is 104 Å². The number of carbonyl (C=O) groups is 2. The molecular formula is C30H29BrN4O7S. The van der Waals surface area contributed by atoms with E-state index in [1.165, 1.54) is 37.8 Å². The van der Waals surface area contributed by atoms with Crippen LogP contribution in [0.4, 0.5) is 5.69 Å². The Morgan fingerprint density at radius 3 is 2.42 bits per heavy atom. The van der Waals surface area contributed by atoms with Crippen molar-refractivity contribution in [2.45, 2.75) is 18.4 Å². The highest BCUT2D eigenvalue weighted by molar-refractivity contribution is 9.10. The van der Waals surface area contributed by atoms with Crippen LogP contribution in [-0.4, -0.2) is 46.7 Å². The van der Waals surface area contributed by atoms with Crippen molar-refractivity contribution in [2.75, 3.05) is 24.6 Å². The van der Waals surface area contributed by atoms with Gasteiger partial charge in [0.2, 0.25) is 0 Å². The summed E-state index contributed by atoms with van der Waals surface area (Å²) in [5, 5.41) is 6.65. The molecule has 0 aliphatic heterocycles. The van der Waals surface area contributed by atoms with Crippen molar-refractivity contribution >= 4 is 49.7 Å².